The van der Waals surface area contributed by atoms with Crippen LogP contribution in [0.1, 0.15) is 21.9 Å². The molecule has 132 valence electrons. The van der Waals surface area contributed by atoms with Gasteiger partial charge in [-0.2, -0.15) is 0 Å². The molecular weight excluding hydrogens is 326 g/mol. The van der Waals surface area contributed by atoms with Gasteiger partial charge in [0.05, 0.1) is 7.11 Å². The highest BCUT2D eigenvalue weighted by atomic mass is 16.5. The van der Waals surface area contributed by atoms with Gasteiger partial charge in [-0.15, -0.1) is 0 Å². The second-order valence-electron chi connectivity index (χ2n) is 5.88. The lowest BCUT2D eigenvalue weighted by Crippen LogP contribution is -2.33. The van der Waals surface area contributed by atoms with E-state index in [-0.39, 0.29) is 5.91 Å². The molecule has 0 fully saturated rings. The van der Waals surface area contributed by atoms with E-state index in [1.165, 1.54) is 5.56 Å². The quantitative estimate of drug-likeness (QED) is 0.682. The van der Waals surface area contributed by atoms with Gasteiger partial charge in [0, 0.05) is 18.4 Å². The molecule has 0 unspecified atom stereocenters. The van der Waals surface area contributed by atoms with E-state index in [0.29, 0.717) is 18.1 Å². The van der Waals surface area contributed by atoms with Crippen molar-refractivity contribution in [1.29, 1.82) is 0 Å². The fourth-order valence-corrected chi connectivity index (χ4v) is 2.71. The van der Waals surface area contributed by atoms with Crippen LogP contribution < -0.4 is 9.64 Å². The Kier molecular flexibility index (Phi) is 5.59. The summed E-state index contributed by atoms with van der Waals surface area (Å²) in [5.74, 6) is 1.19. The van der Waals surface area contributed by atoms with Gasteiger partial charge in [-0.25, -0.2) is 9.97 Å². The first-order valence-electron chi connectivity index (χ1n) is 8.47. The Labute approximate surface area is 153 Å². The van der Waals surface area contributed by atoms with E-state index in [0.717, 1.165) is 17.9 Å². The maximum absolute atomic E-state index is 13.1. The minimum atomic E-state index is -0.142. The molecule has 3 aromatic rings. The number of anilines is 1. The van der Waals surface area contributed by atoms with Crippen LogP contribution in [0.2, 0.25) is 0 Å². The Balaban J connectivity index is 1.88. The maximum Gasteiger partial charge on any atom is 0.277 e. The van der Waals surface area contributed by atoms with Gasteiger partial charge in [0.15, 0.2) is 0 Å². The molecule has 0 bridgehead atoms. The predicted molar refractivity (Wildman–Crippen MR) is 102 cm³/mol. The van der Waals surface area contributed by atoms with Crippen LogP contribution in [0.5, 0.6) is 5.75 Å². The van der Waals surface area contributed by atoms with E-state index >= 15 is 0 Å². The molecule has 0 saturated carbocycles. The second kappa shape index (κ2) is 8.25. The Morgan fingerprint density at radius 3 is 2.42 bits per heavy atom. The third kappa shape index (κ3) is 4.25. The number of aryl methyl sites for hydroxylation is 1. The number of amides is 1. The zero-order chi connectivity index (χ0) is 18.4. The fraction of sp³-hybridized carbons (Fsp3) is 0.190. The smallest absolute Gasteiger partial charge is 0.277 e. The highest BCUT2D eigenvalue weighted by Crippen LogP contribution is 2.21. The normalized spacial score (nSPS) is 10.4. The number of methoxy groups -OCH3 is 1. The molecule has 0 radical (unpaired) electrons. The molecule has 0 saturated heterocycles. The Hall–Kier alpha value is -3.21. The van der Waals surface area contributed by atoms with Crippen molar-refractivity contribution >= 4 is 11.6 Å². The highest BCUT2D eigenvalue weighted by molar-refractivity contribution is 6.04. The van der Waals surface area contributed by atoms with Crippen molar-refractivity contribution in [2.75, 3.05) is 18.6 Å². The number of hydrogen-bond donors (Lipinski definition) is 0. The summed E-state index contributed by atoms with van der Waals surface area (Å²) in [5.41, 5.74) is 2.38. The Bertz CT molecular complexity index is 864. The molecule has 1 aromatic heterocycles. The molecule has 0 atom stereocenters. The molecule has 1 amide bonds. The SMILES string of the molecule is COc1ccc(N(CCc2ccccc2)C(=O)c2ccnc(C)n2)cc1. The third-order valence-corrected chi connectivity index (χ3v) is 4.09. The zero-order valence-electron chi connectivity index (χ0n) is 14.9. The molecule has 0 aliphatic heterocycles. The van der Waals surface area contributed by atoms with Crippen LogP contribution in [0.4, 0.5) is 5.69 Å². The minimum Gasteiger partial charge on any atom is -0.497 e. The zero-order valence-corrected chi connectivity index (χ0v) is 14.9. The second-order valence-corrected chi connectivity index (χ2v) is 5.88. The van der Waals surface area contributed by atoms with Crippen molar-refractivity contribution in [3.05, 3.63) is 83.9 Å². The van der Waals surface area contributed by atoms with Crippen LogP contribution >= 0.6 is 0 Å². The molecule has 1 heterocycles. The number of benzene rings is 2. The maximum atomic E-state index is 13.1. The molecule has 5 nitrogen and oxygen atoms in total. The largest absolute Gasteiger partial charge is 0.497 e. The standard InChI is InChI=1S/C21H21N3O2/c1-16-22-14-12-20(23-16)21(25)24(15-13-17-6-4-3-5-7-17)18-8-10-19(26-2)11-9-18/h3-12,14H,13,15H2,1-2H3. The monoisotopic (exact) mass is 347 g/mol. The number of aromatic nitrogens is 2. The molecule has 0 spiro atoms. The summed E-state index contributed by atoms with van der Waals surface area (Å²) < 4.78 is 5.22. The van der Waals surface area contributed by atoms with E-state index in [1.54, 1.807) is 31.2 Å². The van der Waals surface area contributed by atoms with Crippen LogP contribution in [-0.2, 0) is 6.42 Å². The van der Waals surface area contributed by atoms with E-state index in [9.17, 15) is 4.79 Å². The van der Waals surface area contributed by atoms with E-state index in [1.807, 2.05) is 42.5 Å². The lowest BCUT2D eigenvalue weighted by atomic mass is 10.1. The van der Waals surface area contributed by atoms with Crippen molar-refractivity contribution in [2.45, 2.75) is 13.3 Å². The Morgan fingerprint density at radius 1 is 1.04 bits per heavy atom. The van der Waals surface area contributed by atoms with Gasteiger partial charge >= 0.3 is 0 Å². The van der Waals surface area contributed by atoms with Gasteiger partial charge in [0.1, 0.15) is 17.3 Å². The molecule has 0 aliphatic carbocycles. The predicted octanol–water partition coefficient (Wildman–Crippen LogP) is 3.68. The molecule has 3 rings (SSSR count). The van der Waals surface area contributed by atoms with Crippen molar-refractivity contribution in [3.63, 3.8) is 0 Å². The lowest BCUT2D eigenvalue weighted by molar-refractivity contribution is 0.0982. The van der Waals surface area contributed by atoms with Crippen LogP contribution in [-0.4, -0.2) is 29.5 Å². The van der Waals surface area contributed by atoms with Gasteiger partial charge in [0.2, 0.25) is 0 Å². The third-order valence-electron chi connectivity index (χ3n) is 4.09. The molecule has 0 aliphatic rings. The first kappa shape index (κ1) is 17.6. The van der Waals surface area contributed by atoms with E-state index in [2.05, 4.69) is 22.1 Å². The van der Waals surface area contributed by atoms with E-state index < -0.39 is 0 Å². The summed E-state index contributed by atoms with van der Waals surface area (Å²) in [6.07, 6.45) is 2.36. The van der Waals surface area contributed by atoms with Crippen molar-refractivity contribution < 1.29 is 9.53 Å². The van der Waals surface area contributed by atoms with Gasteiger partial charge in [-0.1, -0.05) is 30.3 Å². The van der Waals surface area contributed by atoms with E-state index in [4.69, 9.17) is 4.74 Å². The van der Waals surface area contributed by atoms with Gasteiger partial charge in [-0.3, -0.25) is 4.79 Å². The molecule has 2 aromatic carbocycles. The average Bonchev–Trinajstić information content (AvgIpc) is 2.69. The lowest BCUT2D eigenvalue weighted by Gasteiger charge is -2.23. The van der Waals surface area contributed by atoms with Gasteiger partial charge < -0.3 is 9.64 Å². The fourth-order valence-electron chi connectivity index (χ4n) is 2.71. The first-order chi connectivity index (χ1) is 12.7. The summed E-state index contributed by atoms with van der Waals surface area (Å²) in [6.45, 7) is 2.33. The van der Waals surface area contributed by atoms with Crippen LogP contribution in [0.25, 0.3) is 0 Å². The summed E-state index contributed by atoms with van der Waals surface area (Å²) in [4.78, 5) is 23.2. The van der Waals surface area contributed by atoms with Crippen LogP contribution in [0, 0.1) is 6.92 Å². The van der Waals surface area contributed by atoms with Crippen molar-refractivity contribution in [2.24, 2.45) is 0 Å². The number of rotatable bonds is 6. The first-order valence-corrected chi connectivity index (χ1v) is 8.47. The average molecular weight is 347 g/mol. The van der Waals surface area contributed by atoms with Crippen molar-refractivity contribution in [3.8, 4) is 5.75 Å². The van der Waals surface area contributed by atoms with Crippen LogP contribution in [0.15, 0.2) is 66.9 Å². The summed E-state index contributed by atoms with van der Waals surface area (Å²) in [7, 11) is 1.62. The van der Waals surface area contributed by atoms with Crippen molar-refractivity contribution in [1.82, 2.24) is 9.97 Å². The summed E-state index contributed by atoms with van der Waals surface area (Å²) in [6, 6.07) is 19.2. The number of hydrogen-bond acceptors (Lipinski definition) is 4. The molecule has 26 heavy (non-hydrogen) atoms. The minimum absolute atomic E-state index is 0.142. The summed E-state index contributed by atoms with van der Waals surface area (Å²) >= 11 is 0. The van der Waals surface area contributed by atoms with Crippen LogP contribution in [0.3, 0.4) is 0 Å². The topological polar surface area (TPSA) is 55.3 Å². The van der Waals surface area contributed by atoms with Gasteiger partial charge in [0.25, 0.3) is 5.91 Å². The number of ether oxygens (including phenoxy) is 1. The Morgan fingerprint density at radius 2 is 1.77 bits per heavy atom. The molecular formula is C21H21N3O2. The molecule has 0 N–H and O–H groups in total. The highest BCUT2D eigenvalue weighted by Gasteiger charge is 2.19. The van der Waals surface area contributed by atoms with Gasteiger partial charge in [-0.05, 0) is 49.2 Å². The molecule has 5 heteroatoms. The number of nitrogens with zero attached hydrogens (tertiary/aromatic N) is 3. The summed E-state index contributed by atoms with van der Waals surface area (Å²) in [5, 5.41) is 0. The number of carbonyl (C=O) groups is 1. The number of carbonyl (C=O) groups excluding carboxylic acids is 1.